The first-order chi connectivity index (χ1) is 8.31. The van der Waals surface area contributed by atoms with Crippen molar-refractivity contribution in [1.29, 1.82) is 0 Å². The van der Waals surface area contributed by atoms with E-state index < -0.39 is 10.0 Å². The van der Waals surface area contributed by atoms with Crippen LogP contribution in [0.5, 0.6) is 0 Å². The van der Waals surface area contributed by atoms with Crippen LogP contribution in [0, 0.1) is 0 Å². The molecule has 0 saturated carbocycles. The molecule has 0 saturated heterocycles. The van der Waals surface area contributed by atoms with Crippen LogP contribution in [-0.2, 0) is 16.6 Å². The summed E-state index contributed by atoms with van der Waals surface area (Å²) in [5, 5.41) is 5.07. The van der Waals surface area contributed by atoms with Gasteiger partial charge in [0.2, 0.25) is 10.0 Å². The molecule has 0 unspecified atom stereocenters. The van der Waals surface area contributed by atoms with Gasteiger partial charge in [-0.3, -0.25) is 0 Å². The first-order valence-electron chi connectivity index (χ1n) is 5.71. The van der Waals surface area contributed by atoms with Crippen molar-refractivity contribution in [3.05, 3.63) is 20.8 Å². The summed E-state index contributed by atoms with van der Waals surface area (Å²) in [4.78, 5) is 1.03. The molecule has 1 aromatic rings. The largest absolute Gasteiger partial charge is 0.313 e. The first-order valence-corrected chi connectivity index (χ1v) is 9.00. The molecule has 0 radical (unpaired) electrons. The second-order valence-corrected chi connectivity index (χ2v) is 8.52. The Balaban J connectivity index is 2.51. The molecule has 0 fully saturated rings. The maximum atomic E-state index is 12.0. The standard InChI is InChI=1S/C11H19BrN2O2S2/c1-9(2)13-4-5-18(15,16)14(3)7-11-6-10(12)8-17-11/h6,8-9,13H,4-5,7H2,1-3H3. The highest BCUT2D eigenvalue weighted by Gasteiger charge is 2.18. The zero-order valence-corrected chi connectivity index (χ0v) is 14.0. The van der Waals surface area contributed by atoms with Gasteiger partial charge in [-0.15, -0.1) is 11.3 Å². The molecule has 1 N–H and O–H groups in total. The fourth-order valence-corrected chi connectivity index (χ4v) is 4.00. The van der Waals surface area contributed by atoms with Crippen LogP contribution in [0.4, 0.5) is 0 Å². The Kier molecular flexibility index (Phi) is 6.26. The van der Waals surface area contributed by atoms with E-state index in [1.165, 1.54) is 4.31 Å². The number of sulfonamides is 1. The molecule has 0 spiro atoms. The van der Waals surface area contributed by atoms with Crippen LogP contribution < -0.4 is 5.32 Å². The molecule has 0 aliphatic rings. The van der Waals surface area contributed by atoms with E-state index in [0.29, 0.717) is 19.1 Å². The van der Waals surface area contributed by atoms with Gasteiger partial charge in [-0.05, 0) is 22.0 Å². The Hall–Kier alpha value is 0.0500. The van der Waals surface area contributed by atoms with Gasteiger partial charge in [-0.2, -0.15) is 4.31 Å². The highest BCUT2D eigenvalue weighted by Crippen LogP contribution is 2.21. The van der Waals surface area contributed by atoms with Crippen molar-refractivity contribution >= 4 is 37.3 Å². The van der Waals surface area contributed by atoms with E-state index in [0.717, 1.165) is 9.35 Å². The lowest BCUT2D eigenvalue weighted by molar-refractivity contribution is 0.466. The number of rotatable bonds is 7. The van der Waals surface area contributed by atoms with Crippen molar-refractivity contribution in [1.82, 2.24) is 9.62 Å². The van der Waals surface area contributed by atoms with Gasteiger partial charge in [0.1, 0.15) is 0 Å². The molecule has 1 rings (SSSR count). The van der Waals surface area contributed by atoms with E-state index in [1.54, 1.807) is 18.4 Å². The lowest BCUT2D eigenvalue weighted by atomic mass is 10.4. The zero-order chi connectivity index (χ0) is 13.8. The summed E-state index contributed by atoms with van der Waals surface area (Å²) >= 11 is 4.92. The van der Waals surface area contributed by atoms with Crippen molar-refractivity contribution in [2.75, 3.05) is 19.3 Å². The van der Waals surface area contributed by atoms with Crippen molar-refractivity contribution in [3.63, 3.8) is 0 Å². The Bertz CT molecular complexity index is 471. The number of hydrogen-bond acceptors (Lipinski definition) is 4. The third-order valence-electron chi connectivity index (χ3n) is 2.39. The minimum absolute atomic E-state index is 0.133. The summed E-state index contributed by atoms with van der Waals surface area (Å²) in [7, 11) is -1.56. The van der Waals surface area contributed by atoms with Gasteiger partial charge in [0.15, 0.2) is 0 Å². The molecule has 4 nitrogen and oxygen atoms in total. The molecule has 0 atom stereocenters. The summed E-state index contributed by atoms with van der Waals surface area (Å²) < 4.78 is 26.4. The number of thiophene rings is 1. The minimum Gasteiger partial charge on any atom is -0.313 e. The van der Waals surface area contributed by atoms with Crippen LogP contribution in [0.2, 0.25) is 0 Å². The number of halogens is 1. The molecule has 104 valence electrons. The van der Waals surface area contributed by atoms with Gasteiger partial charge in [0.05, 0.1) is 5.75 Å². The van der Waals surface area contributed by atoms with Crippen LogP contribution in [0.25, 0.3) is 0 Å². The van der Waals surface area contributed by atoms with Gasteiger partial charge in [0.25, 0.3) is 0 Å². The Morgan fingerprint density at radius 1 is 1.50 bits per heavy atom. The monoisotopic (exact) mass is 354 g/mol. The van der Waals surface area contributed by atoms with Crippen molar-refractivity contribution in [3.8, 4) is 0 Å². The van der Waals surface area contributed by atoms with E-state index in [4.69, 9.17) is 0 Å². The van der Waals surface area contributed by atoms with Crippen LogP contribution in [0.1, 0.15) is 18.7 Å². The molecule has 0 aliphatic heterocycles. The molecule has 1 heterocycles. The van der Waals surface area contributed by atoms with E-state index in [1.807, 2.05) is 25.3 Å². The van der Waals surface area contributed by atoms with Gasteiger partial charge in [0, 0.05) is 40.9 Å². The average molecular weight is 355 g/mol. The van der Waals surface area contributed by atoms with E-state index >= 15 is 0 Å². The maximum Gasteiger partial charge on any atom is 0.215 e. The molecule has 0 aliphatic carbocycles. The summed E-state index contributed by atoms with van der Waals surface area (Å²) in [6, 6.07) is 2.25. The molecule has 0 aromatic carbocycles. The lowest BCUT2D eigenvalue weighted by Gasteiger charge is -2.17. The molecule has 0 amide bonds. The number of nitrogens with zero attached hydrogens (tertiary/aromatic N) is 1. The molecule has 18 heavy (non-hydrogen) atoms. The molecular formula is C11H19BrN2O2S2. The van der Waals surface area contributed by atoms with Gasteiger partial charge < -0.3 is 5.32 Å². The predicted octanol–water partition coefficient (Wildman–Crippen LogP) is 2.27. The highest BCUT2D eigenvalue weighted by atomic mass is 79.9. The fraction of sp³-hybridized carbons (Fsp3) is 0.636. The second-order valence-electron chi connectivity index (χ2n) is 4.41. The van der Waals surface area contributed by atoms with Gasteiger partial charge in [-0.1, -0.05) is 13.8 Å². The Morgan fingerprint density at radius 2 is 2.17 bits per heavy atom. The third-order valence-corrected chi connectivity index (χ3v) is 5.87. The van der Waals surface area contributed by atoms with Gasteiger partial charge >= 0.3 is 0 Å². The molecular weight excluding hydrogens is 336 g/mol. The molecule has 7 heteroatoms. The van der Waals surface area contributed by atoms with Crippen LogP contribution in [0.15, 0.2) is 15.9 Å². The van der Waals surface area contributed by atoms with E-state index in [-0.39, 0.29) is 5.75 Å². The first kappa shape index (κ1) is 16.1. The maximum absolute atomic E-state index is 12.0. The van der Waals surface area contributed by atoms with E-state index in [2.05, 4.69) is 21.2 Å². The quantitative estimate of drug-likeness (QED) is 0.816. The SMILES string of the molecule is CC(C)NCCS(=O)(=O)N(C)Cc1cc(Br)cs1. The Morgan fingerprint density at radius 3 is 2.67 bits per heavy atom. The van der Waals surface area contributed by atoms with E-state index in [9.17, 15) is 8.42 Å². The van der Waals surface area contributed by atoms with Crippen LogP contribution in [0.3, 0.4) is 0 Å². The number of hydrogen-bond donors (Lipinski definition) is 1. The second kappa shape index (κ2) is 7.00. The topological polar surface area (TPSA) is 49.4 Å². The van der Waals surface area contributed by atoms with Crippen LogP contribution >= 0.6 is 27.3 Å². The summed E-state index contributed by atoms with van der Waals surface area (Å²) in [5.74, 6) is 0.133. The minimum atomic E-state index is -3.18. The third kappa shape index (κ3) is 5.36. The van der Waals surface area contributed by atoms with Crippen molar-refractivity contribution < 1.29 is 8.42 Å². The van der Waals surface area contributed by atoms with Gasteiger partial charge in [-0.25, -0.2) is 8.42 Å². The predicted molar refractivity (Wildman–Crippen MR) is 80.4 cm³/mol. The number of nitrogens with one attached hydrogen (secondary N) is 1. The smallest absolute Gasteiger partial charge is 0.215 e. The van der Waals surface area contributed by atoms with Crippen molar-refractivity contribution in [2.24, 2.45) is 0 Å². The summed E-state index contributed by atoms with van der Waals surface area (Å²) in [6.45, 7) is 4.91. The Labute approximate surface area is 122 Å². The van der Waals surface area contributed by atoms with Crippen molar-refractivity contribution in [2.45, 2.75) is 26.4 Å². The highest BCUT2D eigenvalue weighted by molar-refractivity contribution is 9.10. The lowest BCUT2D eigenvalue weighted by Crippen LogP contribution is -2.35. The zero-order valence-electron chi connectivity index (χ0n) is 10.8. The summed E-state index contributed by atoms with van der Waals surface area (Å²) in [5.41, 5.74) is 0. The molecule has 1 aromatic heterocycles. The fourth-order valence-electron chi connectivity index (χ4n) is 1.39. The normalized spacial score (nSPS) is 12.6. The van der Waals surface area contributed by atoms with Crippen LogP contribution in [-0.4, -0.2) is 38.1 Å². The molecule has 0 bridgehead atoms. The average Bonchev–Trinajstić information content (AvgIpc) is 2.63. The summed E-state index contributed by atoms with van der Waals surface area (Å²) in [6.07, 6.45) is 0.